The zero-order valence-electron chi connectivity index (χ0n) is 8.90. The lowest BCUT2D eigenvalue weighted by atomic mass is 10.1. The van der Waals surface area contributed by atoms with Gasteiger partial charge in [0.15, 0.2) is 0 Å². The van der Waals surface area contributed by atoms with Crippen LogP contribution in [0.15, 0.2) is 29.8 Å². The quantitative estimate of drug-likeness (QED) is 0.375. The van der Waals surface area contributed by atoms with E-state index >= 15 is 0 Å². The van der Waals surface area contributed by atoms with Gasteiger partial charge in [0.1, 0.15) is 5.82 Å². The normalized spacial score (nSPS) is 17.8. The molecule has 0 saturated carbocycles. The van der Waals surface area contributed by atoms with Gasteiger partial charge >= 0.3 is 0 Å². The van der Waals surface area contributed by atoms with Crippen LogP contribution in [0.4, 0.5) is 4.39 Å². The number of carbonyl (C=O) groups excluding carboxylic acids is 1. The second-order valence-electron chi connectivity index (χ2n) is 3.55. The summed E-state index contributed by atoms with van der Waals surface area (Å²) in [6.45, 7) is 0.229. The number of benzene rings is 1. The van der Waals surface area contributed by atoms with Crippen LogP contribution in [0.2, 0.25) is 0 Å². The molecular weight excluding hydrogens is 223 g/mol. The number of hydrogen-bond acceptors (Lipinski definition) is 3. The Morgan fingerprint density at radius 3 is 2.82 bits per heavy atom. The molecule has 88 valence electrons. The Labute approximate surface area is 97.2 Å². The molecule has 1 aliphatic rings. The van der Waals surface area contributed by atoms with Crippen LogP contribution < -0.4 is 11.2 Å². The van der Waals surface area contributed by atoms with Gasteiger partial charge in [-0.15, -0.1) is 0 Å². The van der Waals surface area contributed by atoms with E-state index in [2.05, 4.69) is 5.43 Å². The van der Waals surface area contributed by atoms with Gasteiger partial charge in [0, 0.05) is 17.7 Å². The minimum atomic E-state index is -0.430. The Balaban J connectivity index is 2.28. The number of hydrogen-bond donors (Lipinski definition) is 3. The molecule has 0 radical (unpaired) electrons. The fourth-order valence-electron chi connectivity index (χ4n) is 1.54. The van der Waals surface area contributed by atoms with Crippen LogP contribution in [0.1, 0.15) is 5.56 Å². The van der Waals surface area contributed by atoms with Gasteiger partial charge in [0.25, 0.3) is 5.91 Å². The number of amides is 1. The molecule has 1 heterocycles. The molecule has 0 aliphatic carbocycles. The van der Waals surface area contributed by atoms with Crippen molar-refractivity contribution in [1.29, 1.82) is 5.41 Å². The van der Waals surface area contributed by atoms with Gasteiger partial charge in [0.2, 0.25) is 5.96 Å². The number of hydrazine groups is 1. The molecule has 1 amide bonds. The van der Waals surface area contributed by atoms with Gasteiger partial charge in [-0.05, 0) is 12.1 Å². The molecule has 1 saturated heterocycles. The molecule has 1 aliphatic heterocycles. The molecule has 0 aromatic heterocycles. The van der Waals surface area contributed by atoms with E-state index in [1.807, 2.05) is 0 Å². The van der Waals surface area contributed by atoms with Crippen LogP contribution in [0.3, 0.4) is 0 Å². The molecule has 4 N–H and O–H groups in total. The zero-order chi connectivity index (χ0) is 12.4. The third-order valence-corrected chi connectivity index (χ3v) is 2.38. The molecule has 0 bridgehead atoms. The van der Waals surface area contributed by atoms with Gasteiger partial charge < -0.3 is 5.73 Å². The van der Waals surface area contributed by atoms with E-state index in [4.69, 9.17) is 11.1 Å². The molecule has 1 aromatic rings. The lowest BCUT2D eigenvalue weighted by Crippen LogP contribution is -2.44. The minimum absolute atomic E-state index is 0.229. The summed E-state index contributed by atoms with van der Waals surface area (Å²) in [4.78, 5) is 11.7. The molecule has 1 fully saturated rings. The van der Waals surface area contributed by atoms with E-state index < -0.39 is 11.7 Å². The first kappa shape index (κ1) is 11.3. The number of rotatable bonds is 1. The third kappa shape index (κ3) is 2.16. The topological polar surface area (TPSA) is 82.2 Å². The van der Waals surface area contributed by atoms with Crippen LogP contribution >= 0.6 is 0 Å². The molecule has 0 atom stereocenters. The van der Waals surface area contributed by atoms with Crippen molar-refractivity contribution < 1.29 is 9.18 Å². The van der Waals surface area contributed by atoms with Crippen molar-refractivity contribution in [2.24, 2.45) is 5.73 Å². The number of nitrogens with one attached hydrogen (secondary N) is 2. The first-order valence-corrected chi connectivity index (χ1v) is 4.96. The lowest BCUT2D eigenvalue weighted by Gasteiger charge is -2.10. The van der Waals surface area contributed by atoms with E-state index in [1.165, 1.54) is 12.1 Å². The molecule has 5 nitrogen and oxygen atoms in total. The van der Waals surface area contributed by atoms with Crippen molar-refractivity contribution in [2.45, 2.75) is 0 Å². The summed E-state index contributed by atoms with van der Waals surface area (Å²) in [6, 6.07) is 6.16. The van der Waals surface area contributed by atoms with Crippen molar-refractivity contribution in [3.8, 4) is 0 Å². The van der Waals surface area contributed by atoms with Crippen molar-refractivity contribution in [1.82, 2.24) is 10.4 Å². The number of carbonyl (C=O) groups is 1. The van der Waals surface area contributed by atoms with Crippen LogP contribution in [0.25, 0.3) is 6.08 Å². The van der Waals surface area contributed by atoms with E-state index in [-0.39, 0.29) is 12.5 Å². The first-order chi connectivity index (χ1) is 8.09. The SMILES string of the molecule is N=C(N)N1NC/C(=C\c2ccccc2F)C1=O. The van der Waals surface area contributed by atoms with Crippen molar-refractivity contribution in [3.63, 3.8) is 0 Å². The van der Waals surface area contributed by atoms with Gasteiger partial charge in [-0.1, -0.05) is 18.2 Å². The second kappa shape index (κ2) is 4.34. The maximum absolute atomic E-state index is 13.4. The van der Waals surface area contributed by atoms with Gasteiger partial charge in [-0.2, -0.15) is 0 Å². The highest BCUT2D eigenvalue weighted by atomic mass is 19.1. The fraction of sp³-hybridized carbons (Fsp3) is 0.0909. The number of nitrogens with two attached hydrogens (primary N) is 1. The van der Waals surface area contributed by atoms with E-state index in [0.29, 0.717) is 11.1 Å². The summed E-state index contributed by atoms with van der Waals surface area (Å²) in [7, 11) is 0. The average molecular weight is 234 g/mol. The predicted octanol–water partition coefficient (Wildman–Crippen LogP) is 0.449. The molecule has 0 unspecified atom stereocenters. The van der Waals surface area contributed by atoms with Crippen molar-refractivity contribution in [2.75, 3.05) is 6.54 Å². The first-order valence-electron chi connectivity index (χ1n) is 4.96. The Hall–Kier alpha value is -2.21. The molecule has 0 spiro atoms. The molecule has 6 heteroatoms. The smallest absolute Gasteiger partial charge is 0.272 e. The number of halogens is 1. The number of nitrogens with zero attached hydrogens (tertiary/aromatic N) is 1. The monoisotopic (exact) mass is 234 g/mol. The summed E-state index contributed by atoms with van der Waals surface area (Å²) in [5, 5.41) is 8.08. The summed E-state index contributed by atoms with van der Waals surface area (Å²) >= 11 is 0. The van der Waals surface area contributed by atoms with Crippen LogP contribution in [-0.2, 0) is 4.79 Å². The summed E-state index contributed by atoms with van der Waals surface area (Å²) in [6.07, 6.45) is 1.45. The Bertz CT molecular complexity index is 512. The maximum Gasteiger partial charge on any atom is 0.272 e. The predicted molar refractivity (Wildman–Crippen MR) is 61.1 cm³/mol. The molecular formula is C11H11FN4O. The molecule has 17 heavy (non-hydrogen) atoms. The summed E-state index contributed by atoms with van der Waals surface area (Å²) < 4.78 is 13.4. The van der Waals surface area contributed by atoms with Crippen LogP contribution in [-0.4, -0.2) is 23.4 Å². The summed E-state index contributed by atoms with van der Waals surface area (Å²) in [5.74, 6) is -1.21. The largest absolute Gasteiger partial charge is 0.369 e. The van der Waals surface area contributed by atoms with E-state index in [0.717, 1.165) is 5.01 Å². The highest BCUT2D eigenvalue weighted by Crippen LogP contribution is 2.15. The minimum Gasteiger partial charge on any atom is -0.369 e. The number of guanidine groups is 1. The Morgan fingerprint density at radius 1 is 1.53 bits per heavy atom. The Morgan fingerprint density at radius 2 is 2.24 bits per heavy atom. The Kier molecular flexibility index (Phi) is 2.88. The summed E-state index contributed by atoms with van der Waals surface area (Å²) in [5.41, 5.74) is 8.54. The highest BCUT2D eigenvalue weighted by molar-refractivity contribution is 6.08. The second-order valence-corrected chi connectivity index (χ2v) is 3.55. The molecule has 1 aromatic carbocycles. The van der Waals surface area contributed by atoms with E-state index in [1.54, 1.807) is 18.2 Å². The van der Waals surface area contributed by atoms with Crippen LogP contribution in [0.5, 0.6) is 0 Å². The van der Waals surface area contributed by atoms with Crippen molar-refractivity contribution >= 4 is 17.9 Å². The highest BCUT2D eigenvalue weighted by Gasteiger charge is 2.27. The molecule has 2 rings (SSSR count). The standard InChI is InChI=1S/C11H11FN4O/c12-9-4-2-1-3-7(9)5-8-6-15-16(10(8)17)11(13)14/h1-5,15H,6H2,(H3,13,14)/b8-5+. The van der Waals surface area contributed by atoms with Gasteiger partial charge in [-0.3, -0.25) is 10.2 Å². The third-order valence-electron chi connectivity index (χ3n) is 2.38. The zero-order valence-corrected chi connectivity index (χ0v) is 8.90. The fourth-order valence-corrected chi connectivity index (χ4v) is 1.54. The van der Waals surface area contributed by atoms with Crippen molar-refractivity contribution in [3.05, 3.63) is 41.2 Å². The van der Waals surface area contributed by atoms with E-state index in [9.17, 15) is 9.18 Å². The maximum atomic E-state index is 13.4. The van der Waals surface area contributed by atoms with Gasteiger partial charge in [-0.25, -0.2) is 14.8 Å². The van der Waals surface area contributed by atoms with Crippen LogP contribution in [0, 0.1) is 11.2 Å². The average Bonchev–Trinajstić information content (AvgIpc) is 2.64. The lowest BCUT2D eigenvalue weighted by molar-refractivity contribution is -0.122. The van der Waals surface area contributed by atoms with Gasteiger partial charge in [0.05, 0.1) is 0 Å².